The molecule has 196 valence electrons. The van der Waals surface area contributed by atoms with Crippen molar-refractivity contribution in [3.8, 4) is 0 Å². The summed E-state index contributed by atoms with van der Waals surface area (Å²) >= 11 is 0. The molecular formula is C25H32F3N5O3. The molecule has 0 bridgehead atoms. The molecule has 3 rings (SSSR count). The minimum atomic E-state index is -4.56. The van der Waals surface area contributed by atoms with Crippen LogP contribution in [0.25, 0.3) is 0 Å². The van der Waals surface area contributed by atoms with Crippen molar-refractivity contribution >= 4 is 17.7 Å². The Morgan fingerprint density at radius 1 is 1.22 bits per heavy atom. The van der Waals surface area contributed by atoms with E-state index < -0.39 is 11.7 Å². The minimum Gasteiger partial charge on any atom is -0.447 e. The van der Waals surface area contributed by atoms with Crippen LogP contribution in [0, 0.1) is 0 Å². The van der Waals surface area contributed by atoms with Crippen molar-refractivity contribution in [1.82, 2.24) is 20.1 Å². The molecule has 2 aromatic rings. The maximum absolute atomic E-state index is 13.4. The minimum absolute atomic E-state index is 0.0898. The summed E-state index contributed by atoms with van der Waals surface area (Å²) in [6, 6.07) is 7.82. The Morgan fingerprint density at radius 3 is 2.69 bits per heavy atom. The number of pyridine rings is 1. The van der Waals surface area contributed by atoms with Crippen molar-refractivity contribution < 1.29 is 27.5 Å². The first-order valence-electron chi connectivity index (χ1n) is 11.8. The second-order valence-corrected chi connectivity index (χ2v) is 8.82. The number of hydrogen-bond acceptors (Lipinski definition) is 6. The van der Waals surface area contributed by atoms with Gasteiger partial charge in [0.25, 0.3) is 0 Å². The van der Waals surface area contributed by atoms with E-state index in [1.54, 1.807) is 25.8 Å². The molecule has 0 saturated carbocycles. The van der Waals surface area contributed by atoms with Crippen molar-refractivity contribution in [1.29, 1.82) is 0 Å². The highest BCUT2D eigenvalue weighted by Gasteiger charge is 2.34. The summed E-state index contributed by atoms with van der Waals surface area (Å²) in [6.07, 6.45) is -3.25. The van der Waals surface area contributed by atoms with Crippen LogP contribution in [-0.2, 0) is 35.2 Å². The van der Waals surface area contributed by atoms with Crippen molar-refractivity contribution in [3.05, 3.63) is 58.9 Å². The first kappa shape index (κ1) is 27.3. The third-order valence-electron chi connectivity index (χ3n) is 5.81. The number of halogens is 3. The lowest BCUT2D eigenvalue weighted by Crippen LogP contribution is -2.40. The van der Waals surface area contributed by atoms with Crippen LogP contribution in [0.2, 0.25) is 0 Å². The molecule has 0 fully saturated rings. The Morgan fingerprint density at radius 2 is 2.00 bits per heavy atom. The van der Waals surface area contributed by atoms with Gasteiger partial charge in [0.1, 0.15) is 0 Å². The standard InChI is InChI=1S/C25H32F3N5O3/c1-17(2)36-24(35)33-12-9-19-18(15-33)6-4-8-21(19)31-14-23(34)32(13-11-29-3)16-22-20(25(26,27)28)7-5-10-30-22/h4-8,10,17,29,31H,9,11-16H2,1-3H3. The number of anilines is 1. The number of fused-ring (bicyclic) bond motifs is 1. The molecule has 0 atom stereocenters. The van der Waals surface area contributed by atoms with E-state index in [2.05, 4.69) is 15.6 Å². The third-order valence-corrected chi connectivity index (χ3v) is 5.81. The highest BCUT2D eigenvalue weighted by Crippen LogP contribution is 2.31. The van der Waals surface area contributed by atoms with Crippen molar-refractivity contribution in [2.24, 2.45) is 0 Å². The normalized spacial score (nSPS) is 13.4. The Hall–Kier alpha value is -3.34. The van der Waals surface area contributed by atoms with Gasteiger partial charge in [0.05, 0.1) is 30.5 Å². The number of nitrogens with zero attached hydrogens (tertiary/aromatic N) is 3. The number of carbonyl (C=O) groups is 2. The lowest BCUT2D eigenvalue weighted by molar-refractivity contribution is -0.140. The number of nitrogens with one attached hydrogen (secondary N) is 2. The summed E-state index contributed by atoms with van der Waals surface area (Å²) in [5.74, 6) is -0.348. The zero-order valence-corrected chi connectivity index (χ0v) is 20.7. The molecule has 1 aromatic carbocycles. The smallest absolute Gasteiger partial charge is 0.418 e. The van der Waals surface area contributed by atoms with E-state index in [0.717, 1.165) is 22.9 Å². The van der Waals surface area contributed by atoms with Gasteiger partial charge >= 0.3 is 12.3 Å². The zero-order valence-electron chi connectivity index (χ0n) is 20.7. The van der Waals surface area contributed by atoms with Crippen LogP contribution in [-0.4, -0.2) is 66.1 Å². The van der Waals surface area contributed by atoms with Gasteiger partial charge in [-0.05, 0) is 56.6 Å². The molecule has 2 heterocycles. The van der Waals surface area contributed by atoms with Crippen LogP contribution in [0.4, 0.5) is 23.7 Å². The predicted molar refractivity (Wildman–Crippen MR) is 129 cm³/mol. The lowest BCUT2D eigenvalue weighted by Gasteiger charge is -2.30. The molecule has 0 saturated heterocycles. The average molecular weight is 508 g/mol. The number of alkyl halides is 3. The number of ether oxygens (including phenoxy) is 1. The van der Waals surface area contributed by atoms with E-state index in [1.165, 1.54) is 17.2 Å². The van der Waals surface area contributed by atoms with Crippen molar-refractivity contribution in [2.45, 2.75) is 45.6 Å². The van der Waals surface area contributed by atoms with Gasteiger partial charge in [-0.3, -0.25) is 9.78 Å². The molecule has 2 N–H and O–H groups in total. The summed E-state index contributed by atoms with van der Waals surface area (Å²) in [7, 11) is 1.71. The first-order chi connectivity index (χ1) is 17.1. The molecule has 0 spiro atoms. The molecule has 2 amide bonds. The van der Waals surface area contributed by atoms with Crippen LogP contribution >= 0.6 is 0 Å². The maximum atomic E-state index is 13.4. The SMILES string of the molecule is CNCCN(Cc1ncccc1C(F)(F)F)C(=O)CNc1cccc2c1CCN(C(=O)OC(C)C)C2. The largest absolute Gasteiger partial charge is 0.447 e. The van der Waals surface area contributed by atoms with Crippen molar-refractivity contribution in [2.75, 3.05) is 38.5 Å². The quantitative estimate of drug-likeness (QED) is 0.539. The fraction of sp³-hybridized carbons (Fsp3) is 0.480. The molecular weight excluding hydrogens is 475 g/mol. The van der Waals surface area contributed by atoms with Gasteiger partial charge < -0.3 is 25.2 Å². The third kappa shape index (κ3) is 7.09. The number of aromatic nitrogens is 1. The average Bonchev–Trinajstić information content (AvgIpc) is 2.83. The molecule has 0 radical (unpaired) electrons. The zero-order chi connectivity index (χ0) is 26.3. The Kier molecular flexibility index (Phi) is 9.14. The van der Waals surface area contributed by atoms with Gasteiger partial charge in [-0.1, -0.05) is 12.1 Å². The summed E-state index contributed by atoms with van der Waals surface area (Å²) < 4.78 is 45.6. The molecule has 0 unspecified atom stereocenters. The molecule has 1 aliphatic heterocycles. The topological polar surface area (TPSA) is 86.8 Å². The van der Waals surface area contributed by atoms with Gasteiger partial charge in [-0.2, -0.15) is 13.2 Å². The molecule has 0 aliphatic carbocycles. The molecule has 8 nitrogen and oxygen atoms in total. The Bertz CT molecular complexity index is 1060. The van der Waals surface area contributed by atoms with E-state index in [4.69, 9.17) is 4.74 Å². The van der Waals surface area contributed by atoms with Gasteiger partial charge in [0.2, 0.25) is 5.91 Å². The van der Waals surface area contributed by atoms with E-state index >= 15 is 0 Å². The van der Waals surface area contributed by atoms with Crippen molar-refractivity contribution in [3.63, 3.8) is 0 Å². The van der Waals surface area contributed by atoms with Crippen LogP contribution < -0.4 is 10.6 Å². The number of rotatable bonds is 9. The number of amides is 2. The molecule has 1 aliphatic rings. The van der Waals surface area contributed by atoms with E-state index in [-0.39, 0.29) is 43.4 Å². The van der Waals surface area contributed by atoms with E-state index in [9.17, 15) is 22.8 Å². The van der Waals surface area contributed by atoms with Gasteiger partial charge in [-0.25, -0.2) is 4.79 Å². The summed E-state index contributed by atoms with van der Waals surface area (Å²) in [5, 5.41) is 6.07. The number of benzene rings is 1. The predicted octanol–water partition coefficient (Wildman–Crippen LogP) is 3.66. The summed E-state index contributed by atoms with van der Waals surface area (Å²) in [5.41, 5.74) is 1.68. The van der Waals surface area contributed by atoms with Crippen LogP contribution in [0.1, 0.15) is 36.2 Å². The fourth-order valence-electron chi connectivity index (χ4n) is 4.03. The fourth-order valence-corrected chi connectivity index (χ4v) is 4.03. The monoisotopic (exact) mass is 507 g/mol. The van der Waals surface area contributed by atoms with E-state index in [0.29, 0.717) is 26.1 Å². The number of carbonyl (C=O) groups excluding carboxylic acids is 2. The Labute approximate surface area is 208 Å². The second kappa shape index (κ2) is 12.1. The highest BCUT2D eigenvalue weighted by molar-refractivity contribution is 5.81. The Balaban J connectivity index is 1.70. The lowest BCUT2D eigenvalue weighted by atomic mass is 9.98. The maximum Gasteiger partial charge on any atom is 0.418 e. The van der Waals surface area contributed by atoms with Crippen LogP contribution in [0.3, 0.4) is 0 Å². The van der Waals surface area contributed by atoms with Crippen LogP contribution in [0.5, 0.6) is 0 Å². The van der Waals surface area contributed by atoms with Gasteiger partial charge in [-0.15, -0.1) is 0 Å². The number of hydrogen-bond donors (Lipinski definition) is 2. The second-order valence-electron chi connectivity index (χ2n) is 8.82. The first-order valence-corrected chi connectivity index (χ1v) is 11.8. The molecule has 11 heteroatoms. The molecule has 36 heavy (non-hydrogen) atoms. The van der Waals surface area contributed by atoms with Crippen LogP contribution in [0.15, 0.2) is 36.5 Å². The summed E-state index contributed by atoms with van der Waals surface area (Å²) in [4.78, 5) is 32.2. The summed E-state index contributed by atoms with van der Waals surface area (Å²) in [6.45, 7) is 4.79. The van der Waals surface area contributed by atoms with Gasteiger partial charge in [0, 0.05) is 38.1 Å². The number of likely N-dealkylation sites (N-methyl/N-ethyl adjacent to an activating group) is 1. The van der Waals surface area contributed by atoms with Gasteiger partial charge in [0.15, 0.2) is 0 Å². The van der Waals surface area contributed by atoms with E-state index in [1.807, 2.05) is 18.2 Å². The molecule has 1 aromatic heterocycles. The highest BCUT2D eigenvalue weighted by atomic mass is 19.4.